The highest BCUT2D eigenvalue weighted by atomic mass is 32.2. The van der Waals surface area contributed by atoms with Gasteiger partial charge in [-0.1, -0.05) is 18.2 Å². The van der Waals surface area contributed by atoms with E-state index in [1.54, 1.807) is 24.9 Å². The van der Waals surface area contributed by atoms with Crippen molar-refractivity contribution in [3.8, 4) is 17.2 Å². The van der Waals surface area contributed by atoms with Gasteiger partial charge in [0.2, 0.25) is 6.79 Å². The van der Waals surface area contributed by atoms with E-state index in [2.05, 4.69) is 16.0 Å². The summed E-state index contributed by atoms with van der Waals surface area (Å²) >= 11 is 1.72. The number of fused-ring (bicyclic) bond motifs is 4. The van der Waals surface area contributed by atoms with Crippen molar-refractivity contribution in [2.24, 2.45) is 0 Å². The molecule has 8 heteroatoms. The van der Waals surface area contributed by atoms with Crippen LogP contribution in [0.1, 0.15) is 39.0 Å². The Morgan fingerprint density at radius 2 is 2.00 bits per heavy atom. The molecule has 7 nitrogen and oxygen atoms in total. The summed E-state index contributed by atoms with van der Waals surface area (Å²) in [5, 5.41) is 2.88. The molecule has 2 aromatic carbocycles. The van der Waals surface area contributed by atoms with Crippen LogP contribution in [-0.4, -0.2) is 37.5 Å². The van der Waals surface area contributed by atoms with Gasteiger partial charge >= 0.3 is 0 Å². The minimum Gasteiger partial charge on any atom is -0.454 e. The highest BCUT2D eigenvalue weighted by Gasteiger charge is 2.30. The Labute approximate surface area is 202 Å². The van der Waals surface area contributed by atoms with Gasteiger partial charge in [-0.3, -0.25) is 9.59 Å². The van der Waals surface area contributed by atoms with Crippen LogP contribution in [0.2, 0.25) is 0 Å². The first kappa shape index (κ1) is 22.6. The fraction of sp³-hybridized carbons (Fsp3) is 0.308. The van der Waals surface area contributed by atoms with E-state index in [-0.39, 0.29) is 28.9 Å². The van der Waals surface area contributed by atoms with Crippen LogP contribution in [0, 0.1) is 6.92 Å². The number of carbonyl (C=O) groups excluding carboxylic acids is 1. The first-order chi connectivity index (χ1) is 16.6. The van der Waals surface area contributed by atoms with Gasteiger partial charge in [-0.25, -0.2) is 0 Å². The van der Waals surface area contributed by atoms with Crippen molar-refractivity contribution in [2.45, 2.75) is 29.9 Å². The third-order valence-electron chi connectivity index (χ3n) is 6.06. The van der Waals surface area contributed by atoms with Crippen LogP contribution in [0.4, 0.5) is 0 Å². The summed E-state index contributed by atoms with van der Waals surface area (Å²) in [6, 6.07) is 15.6. The van der Waals surface area contributed by atoms with Crippen LogP contribution in [0.25, 0.3) is 5.69 Å². The molecular weight excluding hydrogens is 452 g/mol. The lowest BCUT2D eigenvalue weighted by atomic mass is 10.0. The van der Waals surface area contributed by atoms with E-state index in [0.717, 1.165) is 27.6 Å². The number of thioether (sulfide) groups is 1. The first-order valence-electron chi connectivity index (χ1n) is 11.2. The molecule has 1 N–H and O–H groups in total. The van der Waals surface area contributed by atoms with Crippen LogP contribution in [0.5, 0.6) is 11.5 Å². The zero-order chi connectivity index (χ0) is 23.7. The molecule has 0 radical (unpaired) electrons. The van der Waals surface area contributed by atoms with Gasteiger partial charge in [-0.2, -0.15) is 0 Å². The summed E-state index contributed by atoms with van der Waals surface area (Å²) in [4.78, 5) is 27.4. The Morgan fingerprint density at radius 1 is 1.18 bits per heavy atom. The Morgan fingerprint density at radius 3 is 2.85 bits per heavy atom. The molecule has 0 saturated heterocycles. The van der Waals surface area contributed by atoms with Crippen molar-refractivity contribution in [2.75, 3.05) is 27.1 Å². The number of hydrogen-bond donors (Lipinski definition) is 1. The lowest BCUT2D eigenvalue weighted by molar-refractivity contribution is 0.0945. The van der Waals surface area contributed by atoms with E-state index in [1.807, 2.05) is 43.3 Å². The highest BCUT2D eigenvalue weighted by Crippen LogP contribution is 2.46. The Bertz CT molecular complexity index is 1300. The average molecular weight is 479 g/mol. The maximum atomic E-state index is 13.2. The molecule has 1 aromatic heterocycles. The standard InChI is InChI=1S/C26H26N2O5S/c1-16-12-20(29)25(26(30)27-10-5-11-31-2)19-14-24(17-8-9-21-22(13-17)33-15-32-21)34-23-7-4-3-6-18(23)28(16)19/h3-4,6-9,12-13,24H,5,10-11,14-15H2,1-2H3,(H,27,30). The largest absolute Gasteiger partial charge is 0.454 e. The number of aryl methyl sites for hydroxylation is 1. The molecule has 1 amide bonds. The zero-order valence-corrected chi connectivity index (χ0v) is 19.9. The van der Waals surface area contributed by atoms with Crippen LogP contribution in [0.3, 0.4) is 0 Å². The number of ether oxygens (including phenoxy) is 3. The number of hydrogen-bond acceptors (Lipinski definition) is 6. The number of carbonyl (C=O) groups is 1. The zero-order valence-electron chi connectivity index (χ0n) is 19.1. The van der Waals surface area contributed by atoms with E-state index < -0.39 is 0 Å². The third kappa shape index (κ3) is 4.19. The minimum atomic E-state index is -0.348. The molecule has 2 aliphatic rings. The van der Waals surface area contributed by atoms with Gasteiger partial charge in [0.25, 0.3) is 5.91 Å². The SMILES string of the molecule is COCCCNC(=O)c1c2n(c(C)cc1=O)-c1ccccc1SC(c1ccc3c(c1)OCO3)C2. The third-order valence-corrected chi connectivity index (χ3v) is 7.38. The number of methoxy groups -OCH3 is 1. The number of nitrogens with zero attached hydrogens (tertiary/aromatic N) is 1. The minimum absolute atomic E-state index is 0.0226. The van der Waals surface area contributed by atoms with Crippen molar-refractivity contribution in [3.05, 3.63) is 81.3 Å². The van der Waals surface area contributed by atoms with Crippen LogP contribution in [-0.2, 0) is 11.2 Å². The topological polar surface area (TPSA) is 78.8 Å². The molecule has 34 heavy (non-hydrogen) atoms. The van der Waals surface area contributed by atoms with Crippen molar-refractivity contribution in [3.63, 3.8) is 0 Å². The van der Waals surface area contributed by atoms with E-state index >= 15 is 0 Å². The summed E-state index contributed by atoms with van der Waals surface area (Å²) in [5.74, 6) is 1.10. The van der Waals surface area contributed by atoms with Gasteiger partial charge in [0.05, 0.1) is 5.69 Å². The highest BCUT2D eigenvalue weighted by molar-refractivity contribution is 7.99. The second-order valence-electron chi connectivity index (χ2n) is 8.30. The number of nitrogens with one attached hydrogen (secondary N) is 1. The van der Waals surface area contributed by atoms with Crippen molar-refractivity contribution < 1.29 is 19.0 Å². The van der Waals surface area contributed by atoms with Gasteiger partial charge < -0.3 is 24.1 Å². The lowest BCUT2D eigenvalue weighted by Crippen LogP contribution is -2.33. The van der Waals surface area contributed by atoms with E-state index in [4.69, 9.17) is 14.2 Å². The van der Waals surface area contributed by atoms with Crippen molar-refractivity contribution in [1.82, 2.24) is 9.88 Å². The van der Waals surface area contributed by atoms with E-state index in [9.17, 15) is 9.59 Å². The Hall–Kier alpha value is -3.23. The second-order valence-corrected chi connectivity index (χ2v) is 9.54. The number of pyridine rings is 1. The normalized spacial score (nSPS) is 15.9. The Kier molecular flexibility index (Phi) is 6.34. The average Bonchev–Trinajstić information content (AvgIpc) is 3.22. The summed E-state index contributed by atoms with van der Waals surface area (Å²) in [6.07, 6.45) is 1.19. The molecule has 0 spiro atoms. The van der Waals surface area contributed by atoms with Crippen LogP contribution >= 0.6 is 11.8 Å². The number of aromatic nitrogens is 1. The van der Waals surface area contributed by atoms with Gasteiger partial charge in [0.1, 0.15) is 5.56 Å². The summed E-state index contributed by atoms with van der Waals surface area (Å²) in [6.45, 7) is 3.11. The fourth-order valence-corrected chi connectivity index (χ4v) is 5.75. The molecule has 1 unspecified atom stereocenters. The molecular formula is C26H26N2O5S. The van der Waals surface area contributed by atoms with Crippen molar-refractivity contribution in [1.29, 1.82) is 0 Å². The number of amides is 1. The smallest absolute Gasteiger partial charge is 0.257 e. The quantitative estimate of drug-likeness (QED) is 0.539. The van der Waals surface area contributed by atoms with Crippen LogP contribution < -0.4 is 20.2 Å². The molecule has 3 heterocycles. The van der Waals surface area contributed by atoms with Crippen LogP contribution in [0.15, 0.2) is 58.2 Å². The van der Waals surface area contributed by atoms with Gasteiger partial charge in [-0.15, -0.1) is 11.8 Å². The number of para-hydroxylation sites is 1. The maximum Gasteiger partial charge on any atom is 0.257 e. The van der Waals surface area contributed by atoms with Gasteiger partial charge in [0.15, 0.2) is 16.9 Å². The molecule has 0 fully saturated rings. The predicted octanol–water partition coefficient (Wildman–Crippen LogP) is 4.03. The maximum absolute atomic E-state index is 13.2. The van der Waals surface area contributed by atoms with Crippen molar-refractivity contribution >= 4 is 17.7 Å². The second kappa shape index (κ2) is 9.56. The number of benzene rings is 2. The molecule has 176 valence electrons. The molecule has 0 bridgehead atoms. The monoisotopic (exact) mass is 478 g/mol. The summed E-state index contributed by atoms with van der Waals surface area (Å²) in [7, 11) is 1.62. The first-order valence-corrected chi connectivity index (χ1v) is 12.1. The molecule has 3 aromatic rings. The number of rotatable bonds is 6. The lowest BCUT2D eigenvalue weighted by Gasteiger charge is -2.20. The molecule has 2 aliphatic heterocycles. The van der Waals surface area contributed by atoms with E-state index in [1.165, 1.54) is 0 Å². The molecule has 0 aliphatic carbocycles. The van der Waals surface area contributed by atoms with Gasteiger partial charge in [0, 0.05) is 54.3 Å². The summed E-state index contributed by atoms with van der Waals surface area (Å²) in [5.41, 5.74) is 3.48. The summed E-state index contributed by atoms with van der Waals surface area (Å²) < 4.78 is 18.2. The predicted molar refractivity (Wildman–Crippen MR) is 130 cm³/mol. The Balaban J connectivity index is 1.62. The van der Waals surface area contributed by atoms with E-state index in [0.29, 0.717) is 37.4 Å². The fourth-order valence-electron chi connectivity index (χ4n) is 4.48. The molecule has 0 saturated carbocycles. The molecule has 1 atom stereocenters. The van der Waals surface area contributed by atoms with Gasteiger partial charge in [-0.05, 0) is 43.2 Å². The molecule has 5 rings (SSSR count).